The third-order valence-electron chi connectivity index (χ3n) is 2.03. The van der Waals surface area contributed by atoms with E-state index >= 15 is 0 Å². The zero-order valence-corrected chi connectivity index (χ0v) is 15.1. The summed E-state index contributed by atoms with van der Waals surface area (Å²) < 4.78 is 27.2. The molecule has 0 aliphatic rings. The molecule has 0 unspecified atom stereocenters. The van der Waals surface area contributed by atoms with Crippen LogP contribution in [0.25, 0.3) is 0 Å². The molecule has 0 saturated carbocycles. The SMILES string of the molecule is C[Si](N=C=O)(N=C=O)O[Si](C)(N=C=O)O[Si](C)(N=C=O)N=C=O. The number of rotatable bonds is 9. The monoisotopic (exact) mass is 371 g/mol. The molecule has 0 aliphatic carbocycles. The van der Waals surface area contributed by atoms with E-state index in [9.17, 15) is 24.0 Å². The van der Waals surface area contributed by atoms with Crippen LogP contribution in [0.4, 0.5) is 0 Å². The fraction of sp³-hybridized carbons (Fsp3) is 0.375. The van der Waals surface area contributed by atoms with Crippen LogP contribution in [0.3, 0.4) is 0 Å². The third-order valence-corrected chi connectivity index (χ3v) is 10.7. The van der Waals surface area contributed by atoms with Crippen molar-refractivity contribution in [3.8, 4) is 0 Å². The highest BCUT2D eigenvalue weighted by atomic mass is 28.5. The molecular weight excluding hydrogens is 362 g/mol. The van der Waals surface area contributed by atoms with Gasteiger partial charge in [-0.1, -0.05) is 0 Å². The number of nitrogens with zero attached hydrogens (tertiary/aromatic N) is 5. The van der Waals surface area contributed by atoms with E-state index in [0.29, 0.717) is 0 Å². The Bertz CT molecular complexity index is 613. The van der Waals surface area contributed by atoms with Crippen molar-refractivity contribution in [3.63, 3.8) is 0 Å². The van der Waals surface area contributed by atoms with Crippen molar-refractivity contribution in [1.29, 1.82) is 0 Å². The summed E-state index contributed by atoms with van der Waals surface area (Å²) in [5, 5.41) is 0. The van der Waals surface area contributed by atoms with Gasteiger partial charge in [-0.3, -0.25) is 0 Å². The zero-order valence-electron chi connectivity index (χ0n) is 12.1. The lowest BCUT2D eigenvalue weighted by atomic mass is 11.7. The predicted octanol–water partition coefficient (Wildman–Crippen LogP) is -0.595. The summed E-state index contributed by atoms with van der Waals surface area (Å²) in [6.45, 7) is 3.58. The van der Waals surface area contributed by atoms with Crippen molar-refractivity contribution in [2.24, 2.45) is 23.3 Å². The molecule has 0 atom stereocenters. The topological polar surface area (TPSA) is 166 Å². The van der Waals surface area contributed by atoms with Gasteiger partial charge in [-0.05, 0) is 13.1 Å². The summed E-state index contributed by atoms with van der Waals surface area (Å²) in [4.78, 5) is 52.4. The van der Waals surface area contributed by atoms with Crippen LogP contribution in [0.5, 0.6) is 0 Å². The van der Waals surface area contributed by atoms with Crippen molar-refractivity contribution in [3.05, 3.63) is 0 Å². The summed E-state index contributed by atoms with van der Waals surface area (Å²) in [7, 11) is -11.5. The average Bonchev–Trinajstić information content (AvgIpc) is 2.38. The molecule has 0 N–H and O–H groups in total. The first-order valence-corrected chi connectivity index (χ1v) is 12.4. The van der Waals surface area contributed by atoms with E-state index in [2.05, 4.69) is 23.3 Å². The van der Waals surface area contributed by atoms with Gasteiger partial charge in [0.2, 0.25) is 30.4 Å². The van der Waals surface area contributed by atoms with Gasteiger partial charge in [-0.25, -0.2) is 24.0 Å². The van der Waals surface area contributed by atoms with E-state index in [4.69, 9.17) is 8.23 Å². The molecule has 15 heteroatoms. The van der Waals surface area contributed by atoms with Crippen molar-refractivity contribution < 1.29 is 32.2 Å². The Labute approximate surface area is 132 Å². The lowest BCUT2D eigenvalue weighted by Crippen LogP contribution is -2.53. The van der Waals surface area contributed by atoms with Gasteiger partial charge in [0.05, 0.1) is 0 Å². The van der Waals surface area contributed by atoms with E-state index in [0.717, 1.165) is 0 Å². The number of isocyanates is 5. The molecule has 0 aromatic heterocycles. The Morgan fingerprint density at radius 1 is 0.565 bits per heavy atom. The Hall–Kier alpha value is -2.53. The highest BCUT2D eigenvalue weighted by Crippen LogP contribution is 2.23. The third kappa shape index (κ3) is 6.84. The van der Waals surface area contributed by atoms with Crippen LogP contribution in [-0.2, 0) is 32.2 Å². The molecule has 0 fully saturated rings. The van der Waals surface area contributed by atoms with E-state index < -0.39 is 26.0 Å². The lowest BCUT2D eigenvalue weighted by Gasteiger charge is -2.29. The van der Waals surface area contributed by atoms with Crippen LogP contribution in [0.2, 0.25) is 19.6 Å². The van der Waals surface area contributed by atoms with Crippen molar-refractivity contribution >= 4 is 56.4 Å². The Morgan fingerprint density at radius 3 is 1.04 bits per heavy atom. The van der Waals surface area contributed by atoms with E-state index in [-0.39, 0.29) is 0 Å². The molecule has 0 rings (SSSR count). The first-order chi connectivity index (χ1) is 10.7. The molecule has 0 heterocycles. The minimum atomic E-state index is -3.93. The molecule has 0 saturated heterocycles. The van der Waals surface area contributed by atoms with Crippen molar-refractivity contribution in [2.45, 2.75) is 19.6 Å². The van der Waals surface area contributed by atoms with Gasteiger partial charge < -0.3 is 8.23 Å². The Kier molecular flexibility index (Phi) is 7.83. The second-order valence-corrected chi connectivity index (χ2v) is 12.3. The molecule has 0 aromatic rings. The fourth-order valence-corrected chi connectivity index (χ4v) is 9.67. The van der Waals surface area contributed by atoms with Gasteiger partial charge in [-0.2, -0.15) is 23.3 Å². The van der Waals surface area contributed by atoms with E-state index in [1.807, 2.05) is 0 Å². The molecular formula is C8H9N5O7Si3. The van der Waals surface area contributed by atoms with Crippen molar-refractivity contribution in [2.75, 3.05) is 0 Å². The van der Waals surface area contributed by atoms with Crippen LogP contribution in [0.15, 0.2) is 23.3 Å². The van der Waals surface area contributed by atoms with Gasteiger partial charge >= 0.3 is 26.0 Å². The molecule has 120 valence electrons. The Morgan fingerprint density at radius 2 is 0.826 bits per heavy atom. The van der Waals surface area contributed by atoms with E-state index in [1.54, 1.807) is 0 Å². The highest BCUT2D eigenvalue weighted by Gasteiger charge is 2.51. The van der Waals surface area contributed by atoms with Gasteiger partial charge in [0.15, 0.2) is 0 Å². The second kappa shape index (κ2) is 8.80. The van der Waals surface area contributed by atoms with Crippen LogP contribution < -0.4 is 0 Å². The standard InChI is InChI=1S/C8H9N5O7Si3/c1-21(9-4-14,10-5-15)19-23(3,13-8-18)20-22(2,11-6-16)12-7-17/h1-3H3. The summed E-state index contributed by atoms with van der Waals surface area (Å²) >= 11 is 0. The minimum absolute atomic E-state index is 1.18. The minimum Gasteiger partial charge on any atom is -0.383 e. The second-order valence-electron chi connectivity index (χ2n) is 3.99. The average molecular weight is 371 g/mol. The van der Waals surface area contributed by atoms with Crippen LogP contribution in [-0.4, -0.2) is 56.4 Å². The number of hydrogen-bond acceptors (Lipinski definition) is 12. The van der Waals surface area contributed by atoms with Gasteiger partial charge in [0, 0.05) is 6.55 Å². The van der Waals surface area contributed by atoms with Crippen LogP contribution in [0.1, 0.15) is 0 Å². The number of carbonyl (C=O) groups excluding carboxylic acids is 5. The maximum absolute atomic E-state index is 10.6. The largest absolute Gasteiger partial charge is 0.470 e. The maximum atomic E-state index is 10.6. The smallest absolute Gasteiger partial charge is 0.383 e. The predicted molar refractivity (Wildman–Crippen MR) is 77.6 cm³/mol. The first kappa shape index (κ1) is 20.5. The molecule has 0 radical (unpaired) electrons. The molecule has 12 nitrogen and oxygen atoms in total. The molecule has 0 bridgehead atoms. The van der Waals surface area contributed by atoms with Gasteiger partial charge in [0.25, 0.3) is 0 Å². The molecule has 23 heavy (non-hydrogen) atoms. The van der Waals surface area contributed by atoms with Crippen LogP contribution >= 0.6 is 0 Å². The quantitative estimate of drug-likeness (QED) is 0.296. The fourth-order valence-electron chi connectivity index (χ4n) is 1.35. The zero-order chi connectivity index (χ0) is 18.0. The van der Waals surface area contributed by atoms with Gasteiger partial charge in [0.1, 0.15) is 0 Å². The summed E-state index contributed by atoms with van der Waals surface area (Å²) in [5.41, 5.74) is 0. The maximum Gasteiger partial charge on any atom is 0.470 e. The summed E-state index contributed by atoms with van der Waals surface area (Å²) in [5.74, 6) is 0. The lowest BCUT2D eigenvalue weighted by molar-refractivity contribution is 0.378. The molecule has 0 aliphatic heterocycles. The van der Waals surface area contributed by atoms with E-state index in [1.165, 1.54) is 50.0 Å². The first-order valence-electron chi connectivity index (χ1n) is 5.57. The summed E-state index contributed by atoms with van der Waals surface area (Å²) in [6.07, 6.45) is 5.90. The normalized spacial score (nSPS) is 17.0. The van der Waals surface area contributed by atoms with Gasteiger partial charge in [-0.15, -0.1) is 0 Å². The van der Waals surface area contributed by atoms with Crippen LogP contribution in [0, 0.1) is 0 Å². The molecule has 0 aromatic carbocycles. The highest BCUT2D eigenvalue weighted by molar-refractivity contribution is 6.87. The Balaban J connectivity index is 5.96. The van der Waals surface area contributed by atoms with Crippen molar-refractivity contribution in [1.82, 2.24) is 0 Å². The number of hydrogen-bond donors (Lipinski definition) is 0. The molecule has 0 spiro atoms. The summed E-state index contributed by atoms with van der Waals surface area (Å²) in [6, 6.07) is 0. The molecule has 0 amide bonds.